The number of carbonyl (C=O) groups is 2. The minimum Gasteiger partial charge on any atom is -0.495 e. The van der Waals surface area contributed by atoms with Crippen LogP contribution in [0.4, 0.5) is 0 Å². The van der Waals surface area contributed by atoms with Gasteiger partial charge in [0.1, 0.15) is 12.3 Å². The Morgan fingerprint density at radius 3 is 2.60 bits per heavy atom. The van der Waals surface area contributed by atoms with E-state index in [2.05, 4.69) is 11.9 Å². The van der Waals surface area contributed by atoms with Gasteiger partial charge < -0.3 is 14.4 Å². The molecule has 1 atom stereocenters. The predicted octanol–water partition coefficient (Wildman–Crippen LogP) is 1.91. The van der Waals surface area contributed by atoms with Crippen molar-refractivity contribution in [2.45, 2.75) is 33.2 Å². The molecule has 1 saturated heterocycles. The van der Waals surface area contributed by atoms with Crippen LogP contribution in [0.15, 0.2) is 39.9 Å². The summed E-state index contributed by atoms with van der Waals surface area (Å²) in [7, 11) is 2.67. The highest BCUT2D eigenvalue weighted by molar-refractivity contribution is 6.02. The molecule has 1 aliphatic rings. The van der Waals surface area contributed by atoms with Gasteiger partial charge in [0, 0.05) is 18.8 Å². The van der Waals surface area contributed by atoms with Crippen molar-refractivity contribution in [3.05, 3.63) is 62.4 Å². The molecule has 4 rings (SSSR count). The van der Waals surface area contributed by atoms with Crippen molar-refractivity contribution < 1.29 is 19.1 Å². The third-order valence-electron chi connectivity index (χ3n) is 6.26. The number of hydrogen-bond donors (Lipinski definition) is 0. The monoisotopic (exact) mass is 480 g/mol. The van der Waals surface area contributed by atoms with Gasteiger partial charge in [-0.1, -0.05) is 19.1 Å². The van der Waals surface area contributed by atoms with Crippen LogP contribution in [0.2, 0.25) is 0 Å². The van der Waals surface area contributed by atoms with E-state index in [9.17, 15) is 19.2 Å². The molecule has 1 fully saturated rings. The van der Waals surface area contributed by atoms with Gasteiger partial charge in [-0.2, -0.15) is 0 Å². The summed E-state index contributed by atoms with van der Waals surface area (Å²) < 4.78 is 12.4. The number of hydrogen-bond acceptors (Lipinski definition) is 7. The standard InChI is InChI=1S/C25H28N4O6/c1-15-8-7-11-27(13-15)20(30)14-28-23(31)21-17(24(32)35-4)12-16(2)26-22(21)29(25(28)33)18-9-5-6-10-19(18)34-3/h5-6,9-10,12,15H,7-8,11,13-14H2,1-4H3/t15-/m0/s1. The molecule has 3 heterocycles. The first-order valence-corrected chi connectivity index (χ1v) is 11.4. The van der Waals surface area contributed by atoms with E-state index in [1.54, 1.807) is 36.1 Å². The molecule has 0 radical (unpaired) electrons. The van der Waals surface area contributed by atoms with Crippen molar-refractivity contribution in [3.8, 4) is 11.4 Å². The van der Waals surface area contributed by atoms with Gasteiger partial charge >= 0.3 is 11.7 Å². The highest BCUT2D eigenvalue weighted by atomic mass is 16.5. The van der Waals surface area contributed by atoms with Gasteiger partial charge in [0.15, 0.2) is 5.65 Å². The second-order valence-electron chi connectivity index (χ2n) is 8.77. The van der Waals surface area contributed by atoms with E-state index < -0.39 is 23.8 Å². The molecule has 3 aromatic rings. The molecule has 0 bridgehead atoms. The maximum Gasteiger partial charge on any atom is 0.338 e. The number of pyridine rings is 1. The molecule has 0 saturated carbocycles. The zero-order chi connectivity index (χ0) is 25.3. The molecule has 0 N–H and O–H groups in total. The lowest BCUT2D eigenvalue weighted by molar-refractivity contribution is -0.133. The van der Waals surface area contributed by atoms with E-state index in [-0.39, 0.29) is 22.5 Å². The molecule has 1 aromatic carbocycles. The van der Waals surface area contributed by atoms with E-state index in [4.69, 9.17) is 9.47 Å². The second-order valence-corrected chi connectivity index (χ2v) is 8.77. The largest absolute Gasteiger partial charge is 0.495 e. The first-order chi connectivity index (χ1) is 16.8. The number of esters is 1. The van der Waals surface area contributed by atoms with Crippen molar-refractivity contribution in [2.24, 2.45) is 5.92 Å². The molecule has 10 nitrogen and oxygen atoms in total. The Labute approximate surface area is 201 Å². The Morgan fingerprint density at radius 1 is 1.17 bits per heavy atom. The number of aromatic nitrogens is 3. The summed E-state index contributed by atoms with van der Waals surface area (Å²) in [6.07, 6.45) is 1.88. The fourth-order valence-corrected chi connectivity index (χ4v) is 4.56. The van der Waals surface area contributed by atoms with Crippen LogP contribution in [-0.2, 0) is 16.1 Å². The Morgan fingerprint density at radius 2 is 1.91 bits per heavy atom. The molecule has 1 aliphatic heterocycles. The maximum atomic E-state index is 13.8. The fourth-order valence-electron chi connectivity index (χ4n) is 4.56. The Kier molecular flexibility index (Phi) is 6.72. The second kappa shape index (κ2) is 9.73. The molecule has 1 amide bonds. The van der Waals surface area contributed by atoms with Gasteiger partial charge in [-0.05, 0) is 43.9 Å². The fraction of sp³-hybridized carbons (Fsp3) is 0.400. The number of para-hydroxylation sites is 2. The van der Waals surface area contributed by atoms with Crippen LogP contribution in [0.1, 0.15) is 35.8 Å². The van der Waals surface area contributed by atoms with Crippen molar-refractivity contribution in [2.75, 3.05) is 27.3 Å². The van der Waals surface area contributed by atoms with Gasteiger partial charge in [0.2, 0.25) is 5.91 Å². The molecule has 35 heavy (non-hydrogen) atoms. The van der Waals surface area contributed by atoms with Crippen LogP contribution in [0.3, 0.4) is 0 Å². The van der Waals surface area contributed by atoms with E-state index in [0.717, 1.165) is 17.4 Å². The molecule has 184 valence electrons. The van der Waals surface area contributed by atoms with Gasteiger partial charge in [-0.3, -0.25) is 9.59 Å². The smallest absolute Gasteiger partial charge is 0.338 e. The normalized spacial score (nSPS) is 15.8. The molecule has 10 heteroatoms. The van der Waals surface area contributed by atoms with Crippen LogP contribution in [-0.4, -0.2) is 58.2 Å². The number of aryl methyl sites for hydroxylation is 1. The third kappa shape index (κ3) is 4.43. The highest BCUT2D eigenvalue weighted by Crippen LogP contribution is 2.25. The molecule has 0 aliphatic carbocycles. The van der Waals surface area contributed by atoms with Crippen LogP contribution in [0, 0.1) is 12.8 Å². The molecular weight excluding hydrogens is 452 g/mol. The number of rotatable bonds is 5. The van der Waals surface area contributed by atoms with Crippen LogP contribution >= 0.6 is 0 Å². The first-order valence-electron chi connectivity index (χ1n) is 11.4. The van der Waals surface area contributed by atoms with Crippen molar-refractivity contribution >= 4 is 22.9 Å². The summed E-state index contributed by atoms with van der Waals surface area (Å²) in [6.45, 7) is 4.39. The Bertz CT molecular complexity index is 1420. The molecular formula is C25H28N4O6. The average molecular weight is 481 g/mol. The SMILES string of the molecule is COC(=O)c1cc(C)nc2c1c(=O)n(CC(=O)N1CCC[C@H](C)C1)c(=O)n2-c1ccccc1OC. The number of likely N-dealkylation sites (tertiary alicyclic amines) is 1. The minimum absolute atomic E-state index is 0.0137. The maximum absolute atomic E-state index is 13.8. The zero-order valence-corrected chi connectivity index (χ0v) is 20.2. The lowest BCUT2D eigenvalue weighted by Crippen LogP contribution is -2.47. The van der Waals surface area contributed by atoms with Crippen LogP contribution in [0.5, 0.6) is 5.75 Å². The van der Waals surface area contributed by atoms with Gasteiger partial charge in [-0.15, -0.1) is 0 Å². The Balaban J connectivity index is 2.03. The van der Waals surface area contributed by atoms with Crippen LogP contribution < -0.4 is 16.0 Å². The minimum atomic E-state index is -0.776. The summed E-state index contributed by atoms with van der Waals surface area (Å²) in [4.78, 5) is 59.3. The summed E-state index contributed by atoms with van der Waals surface area (Å²) in [5.74, 6) is -0.378. The number of carbonyl (C=O) groups excluding carboxylic acids is 2. The number of nitrogens with zero attached hydrogens (tertiary/aromatic N) is 4. The molecule has 2 aromatic heterocycles. The summed E-state index contributed by atoms with van der Waals surface area (Å²) in [5, 5.41) is -0.104. The van der Waals surface area contributed by atoms with Crippen LogP contribution in [0.25, 0.3) is 16.7 Å². The lowest BCUT2D eigenvalue weighted by atomic mass is 10.0. The van der Waals surface area contributed by atoms with Crippen molar-refractivity contribution in [3.63, 3.8) is 0 Å². The number of methoxy groups -OCH3 is 2. The van der Waals surface area contributed by atoms with Gasteiger partial charge in [0.05, 0.1) is 30.9 Å². The number of amides is 1. The Hall–Kier alpha value is -3.95. The lowest BCUT2D eigenvalue weighted by Gasteiger charge is -2.31. The summed E-state index contributed by atoms with van der Waals surface area (Å²) in [6, 6.07) is 8.20. The summed E-state index contributed by atoms with van der Waals surface area (Å²) >= 11 is 0. The molecule has 0 spiro atoms. The third-order valence-corrected chi connectivity index (χ3v) is 6.26. The zero-order valence-electron chi connectivity index (χ0n) is 20.2. The van der Waals surface area contributed by atoms with E-state index in [1.165, 1.54) is 24.9 Å². The number of fused-ring (bicyclic) bond motifs is 1. The van der Waals surface area contributed by atoms with Crippen molar-refractivity contribution in [1.29, 1.82) is 0 Å². The molecule has 0 unspecified atom stereocenters. The van der Waals surface area contributed by atoms with Gasteiger partial charge in [0.25, 0.3) is 5.56 Å². The quantitative estimate of drug-likeness (QED) is 0.513. The number of ether oxygens (including phenoxy) is 2. The summed E-state index contributed by atoms with van der Waals surface area (Å²) in [5.41, 5.74) is -0.832. The predicted molar refractivity (Wildman–Crippen MR) is 129 cm³/mol. The first kappa shape index (κ1) is 24.2. The topological polar surface area (TPSA) is 113 Å². The number of piperidine rings is 1. The van der Waals surface area contributed by atoms with E-state index >= 15 is 0 Å². The van der Waals surface area contributed by atoms with E-state index in [0.29, 0.717) is 36.1 Å². The van der Waals surface area contributed by atoms with E-state index in [1.807, 2.05) is 0 Å². The van der Waals surface area contributed by atoms with Gasteiger partial charge in [-0.25, -0.2) is 23.7 Å². The number of benzene rings is 1. The average Bonchev–Trinajstić information content (AvgIpc) is 2.85. The highest BCUT2D eigenvalue weighted by Gasteiger charge is 2.27. The van der Waals surface area contributed by atoms with Crippen molar-refractivity contribution in [1.82, 2.24) is 19.0 Å².